The molecule has 0 saturated carbocycles. The standard InChI is InChI=1S/C18H17FN2O3/c19-15-6-1-4-13(10-15)12-20-8-3-9-21(18(20)24)16-7-2-5-14(11-16)17(22)23/h1-2,4-7,10-11H,3,8-9,12H2,(H,22,23). The number of carbonyl (C=O) groups is 2. The van der Waals surface area contributed by atoms with Crippen molar-refractivity contribution in [1.82, 2.24) is 4.90 Å². The van der Waals surface area contributed by atoms with E-state index in [0.717, 1.165) is 12.0 Å². The summed E-state index contributed by atoms with van der Waals surface area (Å²) < 4.78 is 13.3. The summed E-state index contributed by atoms with van der Waals surface area (Å²) >= 11 is 0. The Bertz CT molecular complexity index is 778. The van der Waals surface area contributed by atoms with Gasteiger partial charge in [0.05, 0.1) is 5.56 Å². The van der Waals surface area contributed by atoms with Crippen LogP contribution in [-0.2, 0) is 6.54 Å². The Morgan fingerprint density at radius 2 is 1.92 bits per heavy atom. The molecule has 1 aliphatic heterocycles. The summed E-state index contributed by atoms with van der Waals surface area (Å²) in [4.78, 5) is 27.0. The van der Waals surface area contributed by atoms with Crippen molar-refractivity contribution in [2.24, 2.45) is 0 Å². The third kappa shape index (κ3) is 3.37. The lowest BCUT2D eigenvalue weighted by Crippen LogP contribution is -2.49. The molecule has 1 N–H and O–H groups in total. The number of rotatable bonds is 4. The molecule has 2 aromatic rings. The largest absolute Gasteiger partial charge is 0.478 e. The van der Waals surface area contributed by atoms with Crippen molar-refractivity contribution in [3.05, 3.63) is 65.5 Å². The van der Waals surface area contributed by atoms with Crippen LogP contribution < -0.4 is 4.90 Å². The summed E-state index contributed by atoms with van der Waals surface area (Å²) in [5, 5.41) is 9.10. The first-order valence-corrected chi connectivity index (χ1v) is 7.69. The van der Waals surface area contributed by atoms with Crippen molar-refractivity contribution < 1.29 is 19.1 Å². The second-order valence-electron chi connectivity index (χ2n) is 5.69. The number of carboxylic acid groups (broad SMARTS) is 1. The summed E-state index contributed by atoms with van der Waals surface area (Å²) in [6, 6.07) is 12.3. The second-order valence-corrected chi connectivity index (χ2v) is 5.69. The Morgan fingerprint density at radius 1 is 1.12 bits per heavy atom. The zero-order valence-electron chi connectivity index (χ0n) is 13.0. The number of amides is 2. The fourth-order valence-corrected chi connectivity index (χ4v) is 2.83. The first-order chi connectivity index (χ1) is 11.5. The van der Waals surface area contributed by atoms with Gasteiger partial charge in [-0.25, -0.2) is 14.0 Å². The van der Waals surface area contributed by atoms with Crippen LogP contribution in [0.25, 0.3) is 0 Å². The molecule has 0 radical (unpaired) electrons. The van der Waals surface area contributed by atoms with Gasteiger partial charge in [0.2, 0.25) is 0 Å². The molecule has 0 aliphatic carbocycles. The van der Waals surface area contributed by atoms with Crippen LogP contribution in [-0.4, -0.2) is 35.1 Å². The molecule has 5 nitrogen and oxygen atoms in total. The van der Waals surface area contributed by atoms with E-state index in [0.29, 0.717) is 25.3 Å². The molecule has 2 aromatic carbocycles. The molecule has 1 fully saturated rings. The van der Waals surface area contributed by atoms with Gasteiger partial charge in [0, 0.05) is 25.3 Å². The highest BCUT2D eigenvalue weighted by atomic mass is 19.1. The summed E-state index contributed by atoms with van der Waals surface area (Å²) in [7, 11) is 0. The van der Waals surface area contributed by atoms with Crippen LogP contribution in [0.5, 0.6) is 0 Å². The minimum Gasteiger partial charge on any atom is -0.478 e. The number of benzene rings is 2. The zero-order chi connectivity index (χ0) is 17.1. The summed E-state index contributed by atoms with van der Waals surface area (Å²) in [6.45, 7) is 1.44. The third-order valence-electron chi connectivity index (χ3n) is 3.98. The Labute approximate surface area is 138 Å². The highest BCUT2D eigenvalue weighted by Crippen LogP contribution is 2.22. The van der Waals surface area contributed by atoms with Gasteiger partial charge in [-0.15, -0.1) is 0 Å². The molecule has 2 amide bonds. The van der Waals surface area contributed by atoms with Crippen molar-refractivity contribution in [3.8, 4) is 0 Å². The minimum atomic E-state index is -1.03. The van der Waals surface area contributed by atoms with Crippen LogP contribution in [0, 0.1) is 5.82 Å². The SMILES string of the molecule is O=C(O)c1cccc(N2CCCN(Cc3cccc(F)c3)C2=O)c1. The number of urea groups is 1. The number of nitrogens with zero attached hydrogens (tertiary/aromatic N) is 2. The van der Waals surface area contributed by atoms with Gasteiger partial charge in [-0.2, -0.15) is 0 Å². The molecule has 0 bridgehead atoms. The summed E-state index contributed by atoms with van der Waals surface area (Å²) in [5.74, 6) is -1.36. The van der Waals surface area contributed by atoms with E-state index in [9.17, 15) is 14.0 Å². The van der Waals surface area contributed by atoms with E-state index in [1.165, 1.54) is 24.3 Å². The molecule has 3 rings (SSSR count). The molecule has 1 aliphatic rings. The second kappa shape index (κ2) is 6.70. The van der Waals surface area contributed by atoms with Crippen molar-refractivity contribution in [3.63, 3.8) is 0 Å². The number of aromatic carboxylic acids is 1. The predicted octanol–water partition coefficient (Wildman–Crippen LogP) is 3.36. The zero-order valence-corrected chi connectivity index (χ0v) is 13.0. The fraction of sp³-hybridized carbons (Fsp3) is 0.222. The maximum atomic E-state index is 13.3. The van der Waals surface area contributed by atoms with Crippen molar-refractivity contribution in [2.75, 3.05) is 18.0 Å². The van der Waals surface area contributed by atoms with E-state index in [-0.39, 0.29) is 17.4 Å². The maximum Gasteiger partial charge on any atom is 0.335 e. The van der Waals surface area contributed by atoms with Gasteiger partial charge in [-0.05, 0) is 42.3 Å². The number of hydrogen-bond donors (Lipinski definition) is 1. The first-order valence-electron chi connectivity index (χ1n) is 7.69. The monoisotopic (exact) mass is 328 g/mol. The van der Waals surface area contributed by atoms with Crippen LogP contribution in [0.1, 0.15) is 22.3 Å². The number of hydrogen-bond acceptors (Lipinski definition) is 2. The van der Waals surface area contributed by atoms with E-state index >= 15 is 0 Å². The molecular weight excluding hydrogens is 311 g/mol. The highest BCUT2D eigenvalue weighted by molar-refractivity contribution is 5.95. The van der Waals surface area contributed by atoms with Gasteiger partial charge in [0.25, 0.3) is 0 Å². The van der Waals surface area contributed by atoms with Gasteiger partial charge in [0.15, 0.2) is 0 Å². The van der Waals surface area contributed by atoms with E-state index < -0.39 is 5.97 Å². The van der Waals surface area contributed by atoms with Gasteiger partial charge in [-0.1, -0.05) is 18.2 Å². The van der Waals surface area contributed by atoms with E-state index in [1.807, 2.05) is 0 Å². The Morgan fingerprint density at radius 3 is 2.67 bits per heavy atom. The molecule has 24 heavy (non-hydrogen) atoms. The first kappa shape index (κ1) is 16.0. The molecule has 0 unspecified atom stereocenters. The average molecular weight is 328 g/mol. The van der Waals surface area contributed by atoms with Crippen LogP contribution in [0.15, 0.2) is 48.5 Å². The quantitative estimate of drug-likeness (QED) is 0.936. The lowest BCUT2D eigenvalue weighted by Gasteiger charge is -2.35. The van der Waals surface area contributed by atoms with Gasteiger partial charge in [0.1, 0.15) is 5.82 Å². The normalized spacial score (nSPS) is 14.8. The molecule has 0 aromatic heterocycles. The highest BCUT2D eigenvalue weighted by Gasteiger charge is 2.27. The topological polar surface area (TPSA) is 60.9 Å². The third-order valence-corrected chi connectivity index (χ3v) is 3.98. The number of anilines is 1. The fourth-order valence-electron chi connectivity index (χ4n) is 2.83. The van der Waals surface area contributed by atoms with Gasteiger partial charge < -0.3 is 10.0 Å². The van der Waals surface area contributed by atoms with Crippen molar-refractivity contribution in [1.29, 1.82) is 0 Å². The molecule has 1 saturated heterocycles. The lowest BCUT2D eigenvalue weighted by molar-refractivity contribution is 0.0697. The number of carbonyl (C=O) groups excluding carboxylic acids is 1. The summed E-state index contributed by atoms with van der Waals surface area (Å²) in [6.07, 6.45) is 0.762. The van der Waals surface area contributed by atoms with Crippen LogP contribution in [0.3, 0.4) is 0 Å². The average Bonchev–Trinajstić information content (AvgIpc) is 2.57. The van der Waals surface area contributed by atoms with Crippen LogP contribution in [0.4, 0.5) is 14.9 Å². The smallest absolute Gasteiger partial charge is 0.335 e. The van der Waals surface area contributed by atoms with Crippen molar-refractivity contribution >= 4 is 17.7 Å². The van der Waals surface area contributed by atoms with E-state index in [4.69, 9.17) is 5.11 Å². The Hall–Kier alpha value is -2.89. The molecule has 0 spiro atoms. The van der Waals surface area contributed by atoms with Crippen molar-refractivity contribution in [2.45, 2.75) is 13.0 Å². The van der Waals surface area contributed by atoms with Crippen LogP contribution in [0.2, 0.25) is 0 Å². The maximum absolute atomic E-state index is 13.3. The molecule has 1 heterocycles. The van der Waals surface area contributed by atoms with Gasteiger partial charge >= 0.3 is 12.0 Å². The molecular formula is C18H17FN2O3. The minimum absolute atomic E-state index is 0.141. The number of halogens is 1. The van der Waals surface area contributed by atoms with Gasteiger partial charge in [-0.3, -0.25) is 4.90 Å². The molecule has 124 valence electrons. The Balaban J connectivity index is 1.80. The predicted molar refractivity (Wildman–Crippen MR) is 87.6 cm³/mol. The van der Waals surface area contributed by atoms with E-state index in [1.54, 1.807) is 34.1 Å². The molecule has 0 atom stereocenters. The lowest BCUT2D eigenvalue weighted by atomic mass is 10.1. The van der Waals surface area contributed by atoms with E-state index in [2.05, 4.69) is 0 Å². The van der Waals surface area contributed by atoms with Crippen LogP contribution >= 0.6 is 0 Å². The molecule has 6 heteroatoms. The summed E-state index contributed by atoms with van der Waals surface area (Å²) in [5.41, 5.74) is 1.43. The Kier molecular flexibility index (Phi) is 4.46. The number of carboxylic acids is 1.